The minimum atomic E-state index is -4.42. The van der Waals surface area contributed by atoms with Gasteiger partial charge in [-0.2, -0.15) is 18.4 Å². The van der Waals surface area contributed by atoms with Crippen molar-refractivity contribution in [2.75, 3.05) is 11.5 Å². The number of Topliss-reactive ketones (excluding diaryl/α,β-unsaturated/α-hetero) is 1. The summed E-state index contributed by atoms with van der Waals surface area (Å²) < 4.78 is 45.3. The zero-order chi connectivity index (χ0) is 28.4. The molecule has 7 nitrogen and oxygen atoms in total. The van der Waals surface area contributed by atoms with Crippen LogP contribution in [0.2, 0.25) is 0 Å². The van der Waals surface area contributed by atoms with Crippen molar-refractivity contribution in [3.05, 3.63) is 87.9 Å². The number of carbonyl (C=O) groups excluding carboxylic acids is 1. The van der Waals surface area contributed by atoms with Crippen LogP contribution in [0.25, 0.3) is 0 Å². The molecule has 2 N–H and O–H groups in total. The van der Waals surface area contributed by atoms with E-state index in [4.69, 9.17) is 10.5 Å². The van der Waals surface area contributed by atoms with Crippen LogP contribution in [0, 0.1) is 11.3 Å². The molecule has 2 aromatic carbocycles. The molecule has 3 aromatic rings. The quantitative estimate of drug-likeness (QED) is 0.312. The summed E-state index contributed by atoms with van der Waals surface area (Å²) >= 11 is 2.46. The topological polar surface area (TPSA) is 105 Å². The van der Waals surface area contributed by atoms with Crippen LogP contribution in [0.4, 0.5) is 18.3 Å². The van der Waals surface area contributed by atoms with Gasteiger partial charge >= 0.3 is 6.18 Å². The van der Waals surface area contributed by atoms with Crippen molar-refractivity contribution >= 4 is 34.0 Å². The summed E-state index contributed by atoms with van der Waals surface area (Å²) in [4.78, 5) is 14.9. The molecule has 2 aliphatic rings. The van der Waals surface area contributed by atoms with Crippen molar-refractivity contribution in [1.29, 1.82) is 5.26 Å². The van der Waals surface area contributed by atoms with E-state index in [0.717, 1.165) is 17.7 Å². The number of aromatic nitrogens is 2. The Balaban J connectivity index is 1.46. The molecule has 12 heteroatoms. The fourth-order valence-corrected chi connectivity index (χ4v) is 6.72. The average molecular weight is 584 g/mol. The number of nitrogens with zero attached hydrogens (tertiary/aromatic N) is 4. The number of carbonyl (C=O) groups is 1. The van der Waals surface area contributed by atoms with E-state index in [-0.39, 0.29) is 22.9 Å². The Hall–Kier alpha value is -3.82. The molecule has 0 radical (unpaired) electrons. The molecule has 0 amide bonds. The van der Waals surface area contributed by atoms with Gasteiger partial charge in [-0.3, -0.25) is 9.69 Å². The summed E-state index contributed by atoms with van der Waals surface area (Å²) in [6, 6.07) is 14.7. The first-order chi connectivity index (χ1) is 19.2. The third kappa shape index (κ3) is 5.44. The van der Waals surface area contributed by atoms with Gasteiger partial charge in [-0.05, 0) is 49.1 Å². The molecule has 0 saturated heterocycles. The van der Waals surface area contributed by atoms with E-state index < -0.39 is 17.7 Å². The number of halogens is 3. The van der Waals surface area contributed by atoms with Crippen molar-refractivity contribution in [3.63, 3.8) is 0 Å². The van der Waals surface area contributed by atoms with Gasteiger partial charge in [0.2, 0.25) is 5.13 Å². The van der Waals surface area contributed by atoms with E-state index in [0.29, 0.717) is 57.9 Å². The second-order valence-electron chi connectivity index (χ2n) is 9.16. The van der Waals surface area contributed by atoms with Crippen LogP contribution in [-0.4, -0.2) is 22.6 Å². The van der Waals surface area contributed by atoms with Crippen LogP contribution >= 0.6 is 23.1 Å². The number of nitriles is 1. The molecule has 40 heavy (non-hydrogen) atoms. The fourth-order valence-electron chi connectivity index (χ4n) is 4.90. The lowest BCUT2D eigenvalue weighted by atomic mass is 9.76. The summed E-state index contributed by atoms with van der Waals surface area (Å²) in [7, 11) is 0. The highest BCUT2D eigenvalue weighted by Gasteiger charge is 2.41. The third-order valence-corrected chi connectivity index (χ3v) is 8.75. The first-order valence-electron chi connectivity index (χ1n) is 12.5. The van der Waals surface area contributed by atoms with Gasteiger partial charge in [0.25, 0.3) is 0 Å². The lowest BCUT2D eigenvalue weighted by Gasteiger charge is -2.38. The smallest absolute Gasteiger partial charge is 0.416 e. The van der Waals surface area contributed by atoms with Crippen molar-refractivity contribution in [2.45, 2.75) is 48.4 Å². The lowest BCUT2D eigenvalue weighted by Crippen LogP contribution is -2.38. The van der Waals surface area contributed by atoms with Gasteiger partial charge < -0.3 is 10.5 Å². The molecular formula is C28H24F3N5O2S2. The van der Waals surface area contributed by atoms with Crippen LogP contribution in [0.5, 0.6) is 5.75 Å². The lowest BCUT2D eigenvalue weighted by molar-refractivity contribution is -0.137. The summed E-state index contributed by atoms with van der Waals surface area (Å²) in [6.07, 6.45) is -2.85. The molecule has 206 valence electrons. The number of anilines is 1. The van der Waals surface area contributed by atoms with Gasteiger partial charge in [0.1, 0.15) is 11.6 Å². The number of thioether (sulfide) groups is 1. The number of alkyl halides is 3. The second-order valence-corrected chi connectivity index (χ2v) is 11.3. The highest BCUT2D eigenvalue weighted by atomic mass is 32.2. The largest absolute Gasteiger partial charge is 0.494 e. The van der Waals surface area contributed by atoms with Gasteiger partial charge in [0, 0.05) is 23.4 Å². The van der Waals surface area contributed by atoms with Gasteiger partial charge in [-0.1, -0.05) is 53.4 Å². The third-order valence-electron chi connectivity index (χ3n) is 6.64. The number of benzene rings is 2. The molecule has 0 unspecified atom stereocenters. The average Bonchev–Trinajstić information content (AvgIpc) is 3.40. The van der Waals surface area contributed by atoms with Crippen LogP contribution in [0.1, 0.15) is 48.8 Å². The first kappa shape index (κ1) is 27.7. The van der Waals surface area contributed by atoms with Gasteiger partial charge in [0.15, 0.2) is 10.1 Å². The molecular weight excluding hydrogens is 559 g/mol. The number of hydrogen-bond donors (Lipinski definition) is 1. The predicted molar refractivity (Wildman–Crippen MR) is 146 cm³/mol. The van der Waals surface area contributed by atoms with Crippen LogP contribution in [-0.2, 0) is 16.7 Å². The van der Waals surface area contributed by atoms with E-state index in [2.05, 4.69) is 16.3 Å². The highest BCUT2D eigenvalue weighted by Crippen LogP contribution is 2.47. The van der Waals surface area contributed by atoms with E-state index in [1.54, 1.807) is 11.0 Å². The van der Waals surface area contributed by atoms with Crippen LogP contribution in [0.3, 0.4) is 0 Å². The Bertz CT molecular complexity index is 1540. The monoisotopic (exact) mass is 583 g/mol. The summed E-state index contributed by atoms with van der Waals surface area (Å²) in [5.74, 6) is 0.476. The Kier molecular flexibility index (Phi) is 7.87. The molecule has 2 heterocycles. The van der Waals surface area contributed by atoms with E-state index in [1.807, 2.05) is 31.2 Å². The maximum absolute atomic E-state index is 13.3. The maximum atomic E-state index is 13.3. The van der Waals surface area contributed by atoms with Gasteiger partial charge in [-0.25, -0.2) is 0 Å². The summed E-state index contributed by atoms with van der Waals surface area (Å²) in [6.45, 7) is 2.41. The van der Waals surface area contributed by atoms with Crippen molar-refractivity contribution in [1.82, 2.24) is 10.2 Å². The molecule has 0 saturated carbocycles. The standard InChI is InChI=1S/C28H24F3N5O2S2/c1-2-38-19-11-9-17(10-12-19)23-20(14-32)25(33)36(21-7-4-8-22(37)24(21)23)26-34-35-27(40-26)39-15-16-5-3-6-18(13-16)28(29,30)31/h3,5-6,9-13,23H,2,4,7-8,15,33H2,1H3/t23-/m1/s1. The Labute approximate surface area is 237 Å². The molecule has 0 fully saturated rings. The van der Waals surface area contributed by atoms with E-state index >= 15 is 0 Å². The molecule has 0 bridgehead atoms. The molecule has 1 aliphatic heterocycles. The van der Waals surface area contributed by atoms with Gasteiger partial charge in [0.05, 0.1) is 29.7 Å². The normalized spacial score (nSPS) is 17.6. The van der Waals surface area contributed by atoms with E-state index in [9.17, 15) is 23.2 Å². The number of nitrogens with two attached hydrogens (primary N) is 1. The second kappa shape index (κ2) is 11.3. The van der Waals surface area contributed by atoms with Crippen molar-refractivity contribution in [2.24, 2.45) is 5.73 Å². The van der Waals surface area contributed by atoms with Crippen LogP contribution < -0.4 is 15.4 Å². The fraction of sp³-hybridized carbons (Fsp3) is 0.286. The summed E-state index contributed by atoms with van der Waals surface area (Å²) in [5, 5.41) is 19.1. The molecule has 1 aliphatic carbocycles. The Morgan fingerprint density at radius 2 is 1.98 bits per heavy atom. The zero-order valence-corrected chi connectivity index (χ0v) is 23.0. The first-order valence-corrected chi connectivity index (χ1v) is 14.3. The van der Waals surface area contributed by atoms with E-state index in [1.165, 1.54) is 29.2 Å². The Morgan fingerprint density at radius 3 is 2.67 bits per heavy atom. The number of allylic oxidation sites excluding steroid dienone is 3. The maximum Gasteiger partial charge on any atom is 0.416 e. The SMILES string of the molecule is CCOc1ccc([C@@H]2C(C#N)=C(N)N(c3nnc(SCc4cccc(C(F)(F)F)c4)s3)C3=C2C(=O)CCC3)cc1. The number of ether oxygens (including phenoxy) is 1. The molecule has 5 rings (SSSR count). The number of hydrogen-bond acceptors (Lipinski definition) is 9. The minimum Gasteiger partial charge on any atom is -0.494 e. The zero-order valence-electron chi connectivity index (χ0n) is 21.4. The number of rotatable bonds is 7. The minimum absolute atomic E-state index is 0.0472. The predicted octanol–water partition coefficient (Wildman–Crippen LogP) is 6.55. The van der Waals surface area contributed by atoms with Gasteiger partial charge in [-0.15, -0.1) is 10.2 Å². The molecule has 0 spiro atoms. The van der Waals surface area contributed by atoms with Crippen LogP contribution in [0.15, 0.2) is 75.5 Å². The summed E-state index contributed by atoms with van der Waals surface area (Å²) in [5.41, 5.74) is 8.61. The van der Waals surface area contributed by atoms with Crippen molar-refractivity contribution < 1.29 is 22.7 Å². The van der Waals surface area contributed by atoms with Crippen molar-refractivity contribution in [3.8, 4) is 11.8 Å². The molecule has 1 aromatic heterocycles. The highest BCUT2D eigenvalue weighted by molar-refractivity contribution is 8.00. The number of ketones is 1. The Morgan fingerprint density at radius 1 is 1.20 bits per heavy atom. The molecule has 1 atom stereocenters.